The number of nitro groups is 1. The van der Waals surface area contributed by atoms with E-state index in [2.05, 4.69) is 4.98 Å². The normalized spacial score (nSPS) is 11.5. The van der Waals surface area contributed by atoms with Gasteiger partial charge in [0.2, 0.25) is 0 Å². The molecule has 8 heteroatoms. The van der Waals surface area contributed by atoms with Crippen molar-refractivity contribution < 1.29 is 4.92 Å². The van der Waals surface area contributed by atoms with Crippen LogP contribution in [-0.2, 0) is 6.54 Å². The molecule has 82 valence electrons. The van der Waals surface area contributed by atoms with Gasteiger partial charge in [0.25, 0.3) is 0 Å². The van der Waals surface area contributed by atoms with Crippen LogP contribution < -0.4 is 5.73 Å². The minimum Gasteiger partial charge on any atom is -0.369 e. The second kappa shape index (κ2) is 4.94. The maximum absolute atomic E-state index is 10.2. The van der Waals surface area contributed by atoms with E-state index in [9.17, 15) is 10.1 Å². The van der Waals surface area contributed by atoms with Crippen molar-refractivity contribution in [2.45, 2.75) is 6.54 Å². The first kappa shape index (κ1) is 11.7. The van der Waals surface area contributed by atoms with Crippen LogP contribution >= 0.6 is 22.9 Å². The van der Waals surface area contributed by atoms with Gasteiger partial charge in [-0.25, -0.2) is 4.98 Å². The molecule has 0 atom stereocenters. The molecule has 0 radical (unpaired) electrons. The minimum absolute atomic E-state index is 0.395. The molecule has 0 aromatic carbocycles. The van der Waals surface area contributed by atoms with Crippen LogP contribution in [-0.4, -0.2) is 21.9 Å². The summed E-state index contributed by atoms with van der Waals surface area (Å²) in [5, 5.41) is 10.2. The molecule has 0 fully saturated rings. The summed E-state index contributed by atoms with van der Waals surface area (Å²) < 4.78 is 0.449. The fourth-order valence-electron chi connectivity index (χ4n) is 0.921. The highest BCUT2D eigenvalue weighted by Crippen LogP contribution is 2.18. The number of aromatic nitrogens is 1. The van der Waals surface area contributed by atoms with Gasteiger partial charge < -0.3 is 15.0 Å². The van der Waals surface area contributed by atoms with Gasteiger partial charge in [-0.3, -0.25) is 5.73 Å². The molecule has 0 aliphatic carbocycles. The first-order chi connectivity index (χ1) is 6.99. The predicted octanol–water partition coefficient (Wildman–Crippen LogP) is 1.26. The molecule has 0 unspecified atom stereocenters. The maximum atomic E-state index is 10.2. The number of hydrogen-bond donors (Lipinski definition) is 1. The molecule has 0 amide bonds. The molecule has 1 rings (SSSR count). The number of thiazole rings is 1. The summed E-state index contributed by atoms with van der Waals surface area (Å²) in [6.45, 7) is 0.485. The van der Waals surface area contributed by atoms with Crippen LogP contribution in [0.2, 0.25) is 4.47 Å². The molecule has 0 saturated heterocycles. The second-order valence-corrected chi connectivity index (χ2v) is 4.50. The monoisotopic (exact) mass is 248 g/mol. The Morgan fingerprint density at radius 3 is 3.07 bits per heavy atom. The topological polar surface area (TPSA) is 85.3 Å². The van der Waals surface area contributed by atoms with Crippen molar-refractivity contribution in [3.05, 3.63) is 37.7 Å². The van der Waals surface area contributed by atoms with Crippen molar-refractivity contribution in [3.8, 4) is 0 Å². The molecule has 0 aliphatic rings. The van der Waals surface area contributed by atoms with E-state index < -0.39 is 10.7 Å². The van der Waals surface area contributed by atoms with E-state index in [1.807, 2.05) is 0 Å². The second-order valence-electron chi connectivity index (χ2n) is 2.81. The summed E-state index contributed by atoms with van der Waals surface area (Å²) in [4.78, 5) is 16.0. The minimum atomic E-state index is -0.643. The Morgan fingerprint density at radius 1 is 1.93 bits per heavy atom. The van der Waals surface area contributed by atoms with Crippen LogP contribution in [0.5, 0.6) is 0 Å². The molecule has 0 bridgehead atoms. The quantitative estimate of drug-likeness (QED) is 0.641. The molecular weight excluding hydrogens is 240 g/mol. The number of rotatable bonds is 4. The van der Waals surface area contributed by atoms with Crippen LogP contribution in [0.4, 0.5) is 0 Å². The lowest BCUT2D eigenvalue weighted by Gasteiger charge is -2.11. The van der Waals surface area contributed by atoms with Gasteiger partial charge in [-0.05, 0) is 4.92 Å². The van der Waals surface area contributed by atoms with Gasteiger partial charge in [0.1, 0.15) is 0 Å². The first-order valence-electron chi connectivity index (χ1n) is 3.91. The lowest BCUT2D eigenvalue weighted by atomic mass is 10.5. The van der Waals surface area contributed by atoms with E-state index in [1.165, 1.54) is 17.5 Å². The Kier molecular flexibility index (Phi) is 3.87. The molecule has 15 heavy (non-hydrogen) atoms. The Balaban J connectivity index is 2.60. The van der Waals surface area contributed by atoms with Crippen molar-refractivity contribution in [1.29, 1.82) is 0 Å². The molecular formula is C7H9ClN4O2S. The number of hydrogen-bond acceptors (Lipinski definition) is 6. The lowest BCUT2D eigenvalue weighted by molar-refractivity contribution is -0.427. The summed E-state index contributed by atoms with van der Waals surface area (Å²) in [6, 6.07) is 0. The number of halogens is 1. The van der Waals surface area contributed by atoms with Gasteiger partial charge >= 0.3 is 5.82 Å². The van der Waals surface area contributed by atoms with E-state index in [0.717, 1.165) is 4.88 Å². The highest BCUT2D eigenvalue weighted by molar-refractivity contribution is 7.15. The molecule has 1 aromatic rings. The average Bonchev–Trinajstić information content (AvgIpc) is 2.50. The zero-order valence-corrected chi connectivity index (χ0v) is 9.46. The summed E-state index contributed by atoms with van der Waals surface area (Å²) in [5.74, 6) is -0.395. The van der Waals surface area contributed by atoms with E-state index in [0.29, 0.717) is 11.0 Å². The van der Waals surface area contributed by atoms with Crippen molar-refractivity contribution in [2.75, 3.05) is 7.05 Å². The fourth-order valence-corrected chi connectivity index (χ4v) is 1.96. The Labute approximate surface area is 95.1 Å². The summed E-state index contributed by atoms with van der Waals surface area (Å²) in [7, 11) is 1.68. The van der Waals surface area contributed by atoms with E-state index >= 15 is 0 Å². The van der Waals surface area contributed by atoms with Crippen molar-refractivity contribution in [1.82, 2.24) is 9.88 Å². The standard InChI is InChI=1S/C7H9ClN4O2S/c1-11(4-6(9)12(13)14)3-5-2-10-7(8)15-5/h2,4H,3,9H2,1H3. The number of nitrogens with zero attached hydrogens (tertiary/aromatic N) is 3. The lowest BCUT2D eigenvalue weighted by Crippen LogP contribution is -2.17. The largest absolute Gasteiger partial charge is 0.369 e. The molecule has 1 heterocycles. The Morgan fingerprint density at radius 2 is 2.60 bits per heavy atom. The van der Waals surface area contributed by atoms with Crippen LogP contribution in [0.3, 0.4) is 0 Å². The van der Waals surface area contributed by atoms with Crippen LogP contribution in [0.25, 0.3) is 0 Å². The van der Waals surface area contributed by atoms with Gasteiger partial charge in [-0.15, -0.1) is 11.3 Å². The van der Waals surface area contributed by atoms with Gasteiger partial charge in [-0.2, -0.15) is 0 Å². The first-order valence-corrected chi connectivity index (χ1v) is 5.10. The molecule has 6 nitrogen and oxygen atoms in total. The van der Waals surface area contributed by atoms with Gasteiger partial charge in [-0.1, -0.05) is 11.6 Å². The van der Waals surface area contributed by atoms with Crippen LogP contribution in [0.1, 0.15) is 4.88 Å². The van der Waals surface area contributed by atoms with E-state index in [-0.39, 0.29) is 0 Å². The third kappa shape index (κ3) is 3.72. The number of nitrogens with two attached hydrogens (primary N) is 1. The SMILES string of the molecule is CN(C=C(N)[N+](=O)[O-])Cc1cnc(Cl)s1. The molecule has 0 aliphatic heterocycles. The Bertz CT molecular complexity index is 392. The summed E-state index contributed by atoms with van der Waals surface area (Å²) in [5.41, 5.74) is 5.16. The van der Waals surface area contributed by atoms with Crippen LogP contribution in [0.15, 0.2) is 18.2 Å². The summed E-state index contributed by atoms with van der Waals surface area (Å²) in [6.07, 6.45) is 2.88. The smallest absolute Gasteiger partial charge is 0.330 e. The average molecular weight is 249 g/mol. The Hall–Kier alpha value is -1.34. The molecule has 1 aromatic heterocycles. The van der Waals surface area contributed by atoms with Crippen LogP contribution in [0, 0.1) is 10.1 Å². The zero-order valence-electron chi connectivity index (χ0n) is 7.88. The molecule has 0 spiro atoms. The van der Waals surface area contributed by atoms with Gasteiger partial charge in [0.15, 0.2) is 4.47 Å². The zero-order chi connectivity index (χ0) is 11.4. The van der Waals surface area contributed by atoms with Crippen molar-refractivity contribution >= 4 is 22.9 Å². The van der Waals surface area contributed by atoms with E-state index in [1.54, 1.807) is 18.1 Å². The fraction of sp³-hybridized carbons (Fsp3) is 0.286. The van der Waals surface area contributed by atoms with Crippen molar-refractivity contribution in [3.63, 3.8) is 0 Å². The maximum Gasteiger partial charge on any atom is 0.330 e. The molecule has 2 N–H and O–H groups in total. The highest BCUT2D eigenvalue weighted by atomic mass is 35.5. The third-order valence-corrected chi connectivity index (χ3v) is 2.59. The van der Waals surface area contributed by atoms with Gasteiger partial charge in [0, 0.05) is 18.1 Å². The molecule has 0 saturated carbocycles. The summed E-state index contributed by atoms with van der Waals surface area (Å²) >= 11 is 6.96. The van der Waals surface area contributed by atoms with Gasteiger partial charge in [0.05, 0.1) is 12.7 Å². The third-order valence-electron chi connectivity index (χ3n) is 1.49. The predicted molar refractivity (Wildman–Crippen MR) is 57.9 cm³/mol. The van der Waals surface area contributed by atoms with Crippen molar-refractivity contribution in [2.24, 2.45) is 5.73 Å². The van der Waals surface area contributed by atoms with E-state index in [4.69, 9.17) is 17.3 Å². The highest BCUT2D eigenvalue weighted by Gasteiger charge is 2.05.